The molecule has 6 heteroatoms. The minimum absolute atomic E-state index is 0.219. The summed E-state index contributed by atoms with van der Waals surface area (Å²) >= 11 is 3.39. The first-order chi connectivity index (χ1) is 9.56. The molecular formula is C14H15BrN2O3. The van der Waals surface area contributed by atoms with Gasteiger partial charge < -0.3 is 14.9 Å². The number of halogens is 1. The van der Waals surface area contributed by atoms with Gasteiger partial charge in [0.05, 0.1) is 11.3 Å². The van der Waals surface area contributed by atoms with E-state index in [0.717, 1.165) is 16.6 Å². The van der Waals surface area contributed by atoms with Crippen molar-refractivity contribution in [2.45, 2.75) is 18.9 Å². The van der Waals surface area contributed by atoms with Gasteiger partial charge in [-0.2, -0.15) is 0 Å². The van der Waals surface area contributed by atoms with Crippen LogP contribution in [-0.2, 0) is 4.79 Å². The van der Waals surface area contributed by atoms with Gasteiger partial charge in [-0.05, 0) is 24.6 Å². The first-order valence-corrected chi connectivity index (χ1v) is 7.43. The number of carboxylic acids is 1. The minimum Gasteiger partial charge on any atom is -0.478 e. The van der Waals surface area contributed by atoms with Crippen molar-refractivity contribution in [2.24, 2.45) is 0 Å². The zero-order valence-electron chi connectivity index (χ0n) is 10.9. The number of hydrogen-bond donors (Lipinski definition) is 1. The molecule has 2 aliphatic heterocycles. The lowest BCUT2D eigenvalue weighted by molar-refractivity contribution is -0.129. The van der Waals surface area contributed by atoms with Gasteiger partial charge in [0, 0.05) is 36.6 Å². The van der Waals surface area contributed by atoms with Crippen LogP contribution >= 0.6 is 15.9 Å². The van der Waals surface area contributed by atoms with E-state index in [0.29, 0.717) is 31.6 Å². The van der Waals surface area contributed by atoms with E-state index < -0.39 is 5.97 Å². The molecule has 106 valence electrons. The number of fused-ring (bicyclic) bond motifs is 1. The molecule has 0 radical (unpaired) electrons. The normalized spacial score (nSPS) is 22.1. The summed E-state index contributed by atoms with van der Waals surface area (Å²) < 4.78 is 0.863. The fourth-order valence-electron chi connectivity index (χ4n) is 3.03. The topological polar surface area (TPSA) is 60.9 Å². The van der Waals surface area contributed by atoms with Gasteiger partial charge in [-0.15, -0.1) is 0 Å². The molecule has 2 fully saturated rings. The fourth-order valence-corrected chi connectivity index (χ4v) is 3.38. The van der Waals surface area contributed by atoms with Crippen LogP contribution < -0.4 is 4.90 Å². The highest BCUT2D eigenvalue weighted by atomic mass is 79.9. The summed E-state index contributed by atoms with van der Waals surface area (Å²) in [6.07, 6.45) is 1.48. The van der Waals surface area contributed by atoms with Gasteiger partial charge in [0.1, 0.15) is 0 Å². The monoisotopic (exact) mass is 338 g/mol. The molecule has 1 unspecified atom stereocenters. The van der Waals surface area contributed by atoms with Gasteiger partial charge in [-0.1, -0.05) is 15.9 Å². The van der Waals surface area contributed by atoms with Crippen molar-refractivity contribution in [2.75, 3.05) is 24.5 Å². The lowest BCUT2D eigenvalue weighted by Gasteiger charge is -2.39. The van der Waals surface area contributed by atoms with Crippen LogP contribution in [0, 0.1) is 0 Å². The van der Waals surface area contributed by atoms with Crippen LogP contribution in [0.5, 0.6) is 0 Å². The first kappa shape index (κ1) is 13.4. The van der Waals surface area contributed by atoms with E-state index in [1.807, 2.05) is 11.0 Å². The van der Waals surface area contributed by atoms with Crippen molar-refractivity contribution in [1.29, 1.82) is 0 Å². The van der Waals surface area contributed by atoms with Crippen molar-refractivity contribution in [3.05, 3.63) is 28.2 Å². The number of aromatic carboxylic acids is 1. The SMILES string of the molecule is O=C(O)c1ccc(Br)cc1N1CCN2C(=O)CCC2C1. The van der Waals surface area contributed by atoms with Crippen LogP contribution in [0.1, 0.15) is 23.2 Å². The number of nitrogens with zero attached hydrogens (tertiary/aromatic N) is 2. The van der Waals surface area contributed by atoms with Crippen LogP contribution in [0.3, 0.4) is 0 Å². The number of carbonyl (C=O) groups is 2. The molecule has 1 atom stereocenters. The maximum Gasteiger partial charge on any atom is 0.337 e. The van der Waals surface area contributed by atoms with Crippen LogP contribution in [0.4, 0.5) is 5.69 Å². The molecule has 20 heavy (non-hydrogen) atoms. The van der Waals surface area contributed by atoms with Crippen molar-refractivity contribution >= 4 is 33.5 Å². The molecule has 0 saturated carbocycles. The summed E-state index contributed by atoms with van der Waals surface area (Å²) in [7, 11) is 0. The second-order valence-electron chi connectivity index (χ2n) is 5.19. The van der Waals surface area contributed by atoms with E-state index in [4.69, 9.17) is 0 Å². The van der Waals surface area contributed by atoms with Gasteiger partial charge >= 0.3 is 5.97 Å². The van der Waals surface area contributed by atoms with E-state index in [9.17, 15) is 14.7 Å². The molecule has 2 saturated heterocycles. The number of amides is 1. The smallest absolute Gasteiger partial charge is 0.337 e. The number of carboxylic acid groups (broad SMARTS) is 1. The molecule has 3 rings (SSSR count). The minimum atomic E-state index is -0.919. The zero-order valence-corrected chi connectivity index (χ0v) is 12.5. The molecule has 1 aromatic rings. The number of hydrogen-bond acceptors (Lipinski definition) is 3. The van der Waals surface area contributed by atoms with Gasteiger partial charge in [0.25, 0.3) is 0 Å². The van der Waals surface area contributed by atoms with Crippen LogP contribution in [0.15, 0.2) is 22.7 Å². The summed E-state index contributed by atoms with van der Waals surface area (Å²) in [6.45, 7) is 2.07. The fraction of sp³-hybridized carbons (Fsp3) is 0.429. The van der Waals surface area contributed by atoms with E-state index in [1.165, 1.54) is 0 Å². The number of piperazine rings is 1. The average molecular weight is 339 g/mol. The second-order valence-corrected chi connectivity index (χ2v) is 6.11. The molecule has 1 aromatic carbocycles. The summed E-state index contributed by atoms with van der Waals surface area (Å²) in [6, 6.07) is 5.42. The molecule has 1 amide bonds. The Hall–Kier alpha value is -1.56. The molecule has 0 aliphatic carbocycles. The van der Waals surface area contributed by atoms with Gasteiger partial charge in [-0.3, -0.25) is 4.79 Å². The van der Waals surface area contributed by atoms with Gasteiger partial charge in [-0.25, -0.2) is 4.79 Å². The molecular weight excluding hydrogens is 324 g/mol. The van der Waals surface area contributed by atoms with E-state index in [-0.39, 0.29) is 11.9 Å². The lowest BCUT2D eigenvalue weighted by Crippen LogP contribution is -2.51. The number of rotatable bonds is 2. The Kier molecular flexibility index (Phi) is 3.41. The summed E-state index contributed by atoms with van der Waals surface area (Å²) in [5, 5.41) is 9.31. The maximum absolute atomic E-state index is 11.7. The van der Waals surface area contributed by atoms with E-state index in [1.54, 1.807) is 12.1 Å². The molecule has 0 aromatic heterocycles. The van der Waals surface area contributed by atoms with Gasteiger partial charge in [0.2, 0.25) is 5.91 Å². The summed E-state index contributed by atoms with van der Waals surface area (Å²) in [4.78, 5) is 27.0. The highest BCUT2D eigenvalue weighted by Crippen LogP contribution is 2.30. The molecule has 2 heterocycles. The molecule has 1 N–H and O–H groups in total. The lowest BCUT2D eigenvalue weighted by atomic mass is 10.1. The Bertz CT molecular complexity index is 576. The number of benzene rings is 1. The molecule has 0 bridgehead atoms. The molecule has 5 nitrogen and oxygen atoms in total. The standard InChI is InChI=1S/C14H15BrN2O3/c15-9-1-3-11(14(19)20)12(7-9)16-5-6-17-10(8-16)2-4-13(17)18/h1,3,7,10H,2,4-6,8H2,(H,19,20). The van der Waals surface area contributed by atoms with Crippen molar-refractivity contribution in [3.63, 3.8) is 0 Å². The van der Waals surface area contributed by atoms with Crippen molar-refractivity contribution in [3.8, 4) is 0 Å². The maximum atomic E-state index is 11.7. The summed E-state index contributed by atoms with van der Waals surface area (Å²) in [5.74, 6) is -0.695. The Morgan fingerprint density at radius 1 is 1.35 bits per heavy atom. The highest BCUT2D eigenvalue weighted by Gasteiger charge is 2.36. The first-order valence-electron chi connectivity index (χ1n) is 6.63. The average Bonchev–Trinajstić information content (AvgIpc) is 2.79. The third kappa shape index (κ3) is 2.28. The largest absolute Gasteiger partial charge is 0.478 e. The zero-order chi connectivity index (χ0) is 14.3. The molecule has 2 aliphatic rings. The summed E-state index contributed by atoms with van der Waals surface area (Å²) in [5.41, 5.74) is 1.04. The molecule has 0 spiro atoms. The third-order valence-electron chi connectivity index (χ3n) is 4.03. The third-order valence-corrected chi connectivity index (χ3v) is 4.52. The quantitative estimate of drug-likeness (QED) is 0.895. The van der Waals surface area contributed by atoms with E-state index in [2.05, 4.69) is 20.8 Å². The van der Waals surface area contributed by atoms with Crippen LogP contribution in [0.2, 0.25) is 0 Å². The van der Waals surface area contributed by atoms with Crippen molar-refractivity contribution in [1.82, 2.24) is 4.90 Å². The number of anilines is 1. The predicted octanol–water partition coefficient (Wildman–Crippen LogP) is 1.96. The Morgan fingerprint density at radius 3 is 2.90 bits per heavy atom. The Balaban J connectivity index is 1.89. The Labute approximate surface area is 125 Å². The Morgan fingerprint density at radius 2 is 2.15 bits per heavy atom. The highest BCUT2D eigenvalue weighted by molar-refractivity contribution is 9.10. The predicted molar refractivity (Wildman–Crippen MR) is 78.0 cm³/mol. The number of carbonyl (C=O) groups excluding carboxylic acids is 1. The van der Waals surface area contributed by atoms with Gasteiger partial charge in [0.15, 0.2) is 0 Å². The van der Waals surface area contributed by atoms with E-state index >= 15 is 0 Å². The van der Waals surface area contributed by atoms with Crippen molar-refractivity contribution < 1.29 is 14.7 Å². The van der Waals surface area contributed by atoms with Crippen LogP contribution in [0.25, 0.3) is 0 Å². The second kappa shape index (κ2) is 5.09. The van der Waals surface area contributed by atoms with Crippen LogP contribution in [-0.4, -0.2) is 47.6 Å².